The topological polar surface area (TPSA) is 65.5 Å². The molecule has 0 saturated heterocycles. The van der Waals surface area contributed by atoms with Gasteiger partial charge in [-0.1, -0.05) is 0 Å². The number of aliphatic hydroxyl groups excluding tert-OH is 1. The van der Waals surface area contributed by atoms with Crippen molar-refractivity contribution in [2.24, 2.45) is 0 Å². The van der Waals surface area contributed by atoms with Gasteiger partial charge in [-0.25, -0.2) is 9.78 Å². The number of hydrogen-bond donors (Lipinski definition) is 2. The molecule has 18 heavy (non-hydrogen) atoms. The molecule has 1 aliphatic rings. The molecule has 1 aromatic rings. The summed E-state index contributed by atoms with van der Waals surface area (Å²) in [6.07, 6.45) is 3.76. The summed E-state index contributed by atoms with van der Waals surface area (Å²) in [5.41, 5.74) is 0.925. The fraction of sp³-hybridized carbons (Fsp3) is 0.667. The molecule has 0 spiro atoms. The van der Waals surface area contributed by atoms with Crippen LogP contribution in [0.25, 0.3) is 0 Å². The van der Waals surface area contributed by atoms with E-state index in [4.69, 9.17) is 5.11 Å². The Morgan fingerprint density at radius 3 is 2.94 bits per heavy atom. The van der Waals surface area contributed by atoms with Crippen molar-refractivity contribution in [2.45, 2.75) is 38.6 Å². The first-order chi connectivity index (χ1) is 8.70. The number of unbranched alkanes of at least 4 members (excludes halogenated alkanes) is 1. The summed E-state index contributed by atoms with van der Waals surface area (Å²) in [6.45, 7) is 2.80. The van der Waals surface area contributed by atoms with Crippen molar-refractivity contribution in [3.05, 3.63) is 11.1 Å². The van der Waals surface area contributed by atoms with Crippen LogP contribution >= 0.6 is 11.3 Å². The minimum Gasteiger partial charge on any atom is -0.396 e. The maximum Gasteiger partial charge on any atom is 0.323 e. The molecule has 1 saturated carbocycles. The highest BCUT2D eigenvalue weighted by Gasteiger charge is 2.32. The SMILES string of the molecule is Cc1csc(NC(=O)N(CCCCO)C2CC2)n1. The lowest BCUT2D eigenvalue weighted by atomic mass is 10.3. The fourth-order valence-electron chi connectivity index (χ4n) is 1.80. The summed E-state index contributed by atoms with van der Waals surface area (Å²) < 4.78 is 0. The van der Waals surface area contributed by atoms with Gasteiger partial charge in [-0.05, 0) is 32.6 Å². The molecule has 0 unspecified atom stereocenters. The maximum atomic E-state index is 12.1. The molecule has 0 bridgehead atoms. The van der Waals surface area contributed by atoms with Gasteiger partial charge in [0.1, 0.15) is 0 Å². The fourth-order valence-corrected chi connectivity index (χ4v) is 2.48. The van der Waals surface area contributed by atoms with E-state index in [9.17, 15) is 4.79 Å². The largest absolute Gasteiger partial charge is 0.396 e. The Bertz CT molecular complexity index is 404. The number of amides is 2. The summed E-state index contributed by atoms with van der Waals surface area (Å²) in [5.74, 6) is 0. The van der Waals surface area contributed by atoms with Crippen molar-refractivity contribution in [1.29, 1.82) is 0 Å². The summed E-state index contributed by atoms with van der Waals surface area (Å²) >= 11 is 1.45. The van der Waals surface area contributed by atoms with E-state index < -0.39 is 0 Å². The van der Waals surface area contributed by atoms with Crippen LogP contribution < -0.4 is 5.32 Å². The highest BCUT2D eigenvalue weighted by Crippen LogP contribution is 2.28. The van der Waals surface area contributed by atoms with Gasteiger partial charge in [-0.15, -0.1) is 11.3 Å². The minimum absolute atomic E-state index is 0.0650. The van der Waals surface area contributed by atoms with Crippen LogP contribution in [0.5, 0.6) is 0 Å². The molecule has 1 aromatic heterocycles. The number of hydrogen-bond acceptors (Lipinski definition) is 4. The number of carbonyl (C=O) groups is 1. The molecular formula is C12H19N3O2S. The van der Waals surface area contributed by atoms with Gasteiger partial charge in [-0.3, -0.25) is 5.32 Å². The summed E-state index contributed by atoms with van der Waals surface area (Å²) in [5, 5.41) is 14.2. The number of carbonyl (C=O) groups excluding carboxylic acids is 1. The molecule has 1 heterocycles. The smallest absolute Gasteiger partial charge is 0.323 e. The molecular weight excluding hydrogens is 250 g/mol. The Morgan fingerprint density at radius 2 is 2.39 bits per heavy atom. The second-order valence-electron chi connectivity index (χ2n) is 4.58. The average molecular weight is 269 g/mol. The van der Waals surface area contributed by atoms with E-state index >= 15 is 0 Å². The van der Waals surface area contributed by atoms with Crippen molar-refractivity contribution in [2.75, 3.05) is 18.5 Å². The zero-order valence-corrected chi connectivity index (χ0v) is 11.4. The zero-order valence-electron chi connectivity index (χ0n) is 10.6. The van der Waals surface area contributed by atoms with Gasteiger partial charge in [0, 0.05) is 24.6 Å². The maximum absolute atomic E-state index is 12.1. The van der Waals surface area contributed by atoms with Crippen molar-refractivity contribution < 1.29 is 9.90 Å². The first-order valence-electron chi connectivity index (χ1n) is 6.31. The van der Waals surface area contributed by atoms with Gasteiger partial charge < -0.3 is 10.0 Å². The van der Waals surface area contributed by atoms with E-state index in [1.54, 1.807) is 0 Å². The number of nitrogens with zero attached hydrogens (tertiary/aromatic N) is 2. The molecule has 6 heteroatoms. The van der Waals surface area contributed by atoms with Crippen molar-refractivity contribution in [3.8, 4) is 0 Å². The van der Waals surface area contributed by atoms with E-state index in [1.165, 1.54) is 11.3 Å². The number of aliphatic hydroxyl groups is 1. The first-order valence-corrected chi connectivity index (χ1v) is 7.19. The van der Waals surface area contributed by atoms with Crippen molar-refractivity contribution in [3.63, 3.8) is 0 Å². The molecule has 0 atom stereocenters. The van der Waals surface area contributed by atoms with Crippen LogP contribution in [-0.2, 0) is 0 Å². The summed E-state index contributed by atoms with van der Waals surface area (Å²) in [4.78, 5) is 18.2. The summed E-state index contributed by atoms with van der Waals surface area (Å²) in [7, 11) is 0. The van der Waals surface area contributed by atoms with Crippen LogP contribution in [0.1, 0.15) is 31.4 Å². The van der Waals surface area contributed by atoms with Crippen LogP contribution in [0, 0.1) is 6.92 Å². The third-order valence-electron chi connectivity index (χ3n) is 2.89. The van der Waals surface area contributed by atoms with Gasteiger partial charge in [0.15, 0.2) is 5.13 Å². The monoisotopic (exact) mass is 269 g/mol. The van der Waals surface area contributed by atoms with E-state index in [2.05, 4.69) is 10.3 Å². The predicted octanol–water partition coefficient (Wildman–Crippen LogP) is 2.22. The number of nitrogens with one attached hydrogen (secondary N) is 1. The van der Waals surface area contributed by atoms with Gasteiger partial charge in [0.2, 0.25) is 0 Å². The zero-order chi connectivity index (χ0) is 13.0. The summed E-state index contributed by atoms with van der Waals surface area (Å²) in [6, 6.07) is 0.314. The van der Waals surface area contributed by atoms with E-state index in [0.717, 1.165) is 31.4 Å². The van der Waals surface area contributed by atoms with Gasteiger partial charge in [0.05, 0.1) is 5.69 Å². The number of rotatable bonds is 6. The number of urea groups is 1. The lowest BCUT2D eigenvalue weighted by molar-refractivity contribution is 0.204. The number of aryl methyl sites for hydroxylation is 1. The Morgan fingerprint density at radius 1 is 1.61 bits per heavy atom. The van der Waals surface area contributed by atoms with Crippen LogP contribution in [0.2, 0.25) is 0 Å². The molecule has 0 aromatic carbocycles. The molecule has 5 nitrogen and oxygen atoms in total. The number of anilines is 1. The lowest BCUT2D eigenvalue weighted by Gasteiger charge is -2.21. The molecule has 2 N–H and O–H groups in total. The Kier molecular flexibility index (Phi) is 4.54. The van der Waals surface area contributed by atoms with Gasteiger partial charge in [0.25, 0.3) is 0 Å². The number of aromatic nitrogens is 1. The first kappa shape index (κ1) is 13.3. The average Bonchev–Trinajstić information content (AvgIpc) is 3.09. The molecule has 2 rings (SSSR count). The Labute approximate surface area is 111 Å². The molecule has 100 valence electrons. The quantitative estimate of drug-likeness (QED) is 0.778. The normalized spacial score (nSPS) is 14.6. The Hall–Kier alpha value is -1.14. The highest BCUT2D eigenvalue weighted by molar-refractivity contribution is 7.13. The molecule has 2 amide bonds. The highest BCUT2D eigenvalue weighted by atomic mass is 32.1. The predicted molar refractivity (Wildman–Crippen MR) is 71.9 cm³/mol. The second kappa shape index (κ2) is 6.15. The van der Waals surface area contributed by atoms with Crippen LogP contribution in [0.15, 0.2) is 5.38 Å². The standard InChI is InChI=1S/C12H19N3O2S/c1-9-8-18-11(13-9)14-12(17)15(10-4-5-10)6-2-3-7-16/h8,10,16H,2-7H2,1H3,(H,13,14,17). The number of thiazole rings is 1. The van der Waals surface area contributed by atoms with Crippen LogP contribution in [0.3, 0.4) is 0 Å². The van der Waals surface area contributed by atoms with E-state index in [1.807, 2.05) is 17.2 Å². The molecule has 0 radical (unpaired) electrons. The van der Waals surface area contributed by atoms with E-state index in [-0.39, 0.29) is 12.6 Å². The second-order valence-corrected chi connectivity index (χ2v) is 5.44. The van der Waals surface area contributed by atoms with Crippen LogP contribution in [0.4, 0.5) is 9.93 Å². The lowest BCUT2D eigenvalue weighted by Crippen LogP contribution is -2.37. The van der Waals surface area contributed by atoms with Gasteiger partial charge in [-0.2, -0.15) is 0 Å². The Balaban J connectivity index is 1.87. The molecule has 0 aliphatic heterocycles. The van der Waals surface area contributed by atoms with Crippen LogP contribution in [-0.4, -0.2) is 40.2 Å². The van der Waals surface area contributed by atoms with Gasteiger partial charge >= 0.3 is 6.03 Å². The van der Waals surface area contributed by atoms with Crippen molar-refractivity contribution in [1.82, 2.24) is 9.88 Å². The van der Waals surface area contributed by atoms with E-state index in [0.29, 0.717) is 17.7 Å². The minimum atomic E-state index is -0.0650. The van der Waals surface area contributed by atoms with Crippen molar-refractivity contribution >= 4 is 22.5 Å². The third kappa shape index (κ3) is 3.68. The molecule has 1 aliphatic carbocycles. The third-order valence-corrected chi connectivity index (χ3v) is 3.76. The molecule has 1 fully saturated rings.